The van der Waals surface area contributed by atoms with Crippen LogP contribution in [-0.4, -0.2) is 24.7 Å². The fraction of sp³-hybridized carbons (Fsp3) is 0.316. The molecule has 3 aromatic rings. The lowest BCUT2D eigenvalue weighted by Gasteiger charge is -2.08. The molecule has 1 N–H and O–H groups in total. The minimum atomic E-state index is 0.661. The van der Waals surface area contributed by atoms with Crippen LogP contribution in [0.3, 0.4) is 0 Å². The smallest absolute Gasteiger partial charge is 0.279 e. The maximum atomic E-state index is 5.83. The summed E-state index contributed by atoms with van der Waals surface area (Å²) >= 11 is 1.55. The van der Waals surface area contributed by atoms with Crippen LogP contribution in [0, 0.1) is 5.92 Å². The number of para-hydroxylation sites is 1. The Kier molecular flexibility index (Phi) is 4.62. The van der Waals surface area contributed by atoms with Crippen molar-refractivity contribution in [3.05, 3.63) is 48.5 Å². The van der Waals surface area contributed by atoms with Gasteiger partial charge in [0.05, 0.1) is 10.2 Å². The van der Waals surface area contributed by atoms with Gasteiger partial charge in [-0.3, -0.25) is 0 Å². The molecule has 1 fully saturated rings. The van der Waals surface area contributed by atoms with E-state index in [4.69, 9.17) is 9.47 Å². The van der Waals surface area contributed by atoms with Crippen LogP contribution in [0.25, 0.3) is 10.2 Å². The standard InChI is InChI=1S/C19H20N2O2S/c1-2-4-18-17(3-1)21-19(24-18)23-16-9-7-15(8-10-16)22-12-11-20-13-14-5-6-14/h1-4,7-10,14,20H,5-6,11-13H2. The van der Waals surface area contributed by atoms with E-state index in [1.807, 2.05) is 48.5 Å². The van der Waals surface area contributed by atoms with Gasteiger partial charge in [0.1, 0.15) is 18.1 Å². The Bertz CT molecular complexity index is 763. The van der Waals surface area contributed by atoms with E-state index in [1.54, 1.807) is 11.3 Å². The summed E-state index contributed by atoms with van der Waals surface area (Å²) in [7, 11) is 0. The molecule has 2 aromatic carbocycles. The number of benzene rings is 2. The zero-order valence-electron chi connectivity index (χ0n) is 13.4. The van der Waals surface area contributed by atoms with Gasteiger partial charge >= 0.3 is 0 Å². The maximum Gasteiger partial charge on any atom is 0.279 e. The summed E-state index contributed by atoms with van der Waals surface area (Å²) in [5, 5.41) is 4.08. The molecule has 1 aliphatic rings. The number of ether oxygens (including phenoxy) is 2. The second kappa shape index (κ2) is 7.20. The summed E-state index contributed by atoms with van der Waals surface area (Å²) < 4.78 is 12.7. The fourth-order valence-electron chi connectivity index (χ4n) is 2.47. The highest BCUT2D eigenvalue weighted by Gasteiger charge is 2.19. The second-order valence-corrected chi connectivity index (χ2v) is 7.01. The van der Waals surface area contributed by atoms with Crippen LogP contribution in [-0.2, 0) is 0 Å². The molecule has 0 unspecified atom stereocenters. The first-order chi connectivity index (χ1) is 11.9. The topological polar surface area (TPSA) is 43.4 Å². The average Bonchev–Trinajstić information content (AvgIpc) is 3.34. The third-order valence-corrected chi connectivity index (χ3v) is 4.90. The number of hydrogen-bond donors (Lipinski definition) is 1. The Hall–Kier alpha value is -2.11. The molecule has 0 saturated heterocycles. The van der Waals surface area contributed by atoms with Crippen molar-refractivity contribution in [1.29, 1.82) is 0 Å². The monoisotopic (exact) mass is 340 g/mol. The molecule has 0 aliphatic heterocycles. The number of aromatic nitrogens is 1. The molecule has 1 aliphatic carbocycles. The van der Waals surface area contributed by atoms with Crippen molar-refractivity contribution in [2.24, 2.45) is 5.92 Å². The van der Waals surface area contributed by atoms with Crippen molar-refractivity contribution in [2.45, 2.75) is 12.8 Å². The van der Waals surface area contributed by atoms with E-state index in [2.05, 4.69) is 10.3 Å². The van der Waals surface area contributed by atoms with Crippen LogP contribution in [0.4, 0.5) is 0 Å². The highest BCUT2D eigenvalue weighted by atomic mass is 32.1. The highest BCUT2D eigenvalue weighted by Crippen LogP contribution is 2.31. The molecular formula is C19H20N2O2S. The summed E-state index contributed by atoms with van der Waals surface area (Å²) in [5.41, 5.74) is 0.969. The Morgan fingerprint density at radius 3 is 2.62 bits per heavy atom. The van der Waals surface area contributed by atoms with Crippen molar-refractivity contribution in [1.82, 2.24) is 10.3 Å². The number of nitrogens with one attached hydrogen (secondary N) is 1. The van der Waals surface area contributed by atoms with Crippen LogP contribution in [0.15, 0.2) is 48.5 Å². The lowest BCUT2D eigenvalue weighted by atomic mass is 10.3. The van der Waals surface area contributed by atoms with Gasteiger partial charge in [0.25, 0.3) is 5.19 Å². The molecule has 1 heterocycles. The van der Waals surface area contributed by atoms with Gasteiger partial charge in [0.15, 0.2) is 0 Å². The molecule has 4 rings (SSSR count). The first kappa shape index (κ1) is 15.4. The van der Waals surface area contributed by atoms with Gasteiger partial charge in [-0.2, -0.15) is 0 Å². The molecule has 124 valence electrons. The van der Waals surface area contributed by atoms with E-state index in [0.29, 0.717) is 11.8 Å². The number of rotatable bonds is 8. The van der Waals surface area contributed by atoms with E-state index < -0.39 is 0 Å². The molecule has 24 heavy (non-hydrogen) atoms. The van der Waals surface area contributed by atoms with E-state index in [0.717, 1.165) is 40.7 Å². The highest BCUT2D eigenvalue weighted by molar-refractivity contribution is 7.20. The van der Waals surface area contributed by atoms with Gasteiger partial charge in [0.2, 0.25) is 0 Å². The van der Waals surface area contributed by atoms with Gasteiger partial charge in [-0.05, 0) is 61.7 Å². The van der Waals surface area contributed by atoms with Crippen LogP contribution in [0.1, 0.15) is 12.8 Å². The zero-order chi connectivity index (χ0) is 16.2. The summed E-state index contributed by atoms with van der Waals surface area (Å²) in [4.78, 5) is 4.48. The first-order valence-electron chi connectivity index (χ1n) is 8.34. The van der Waals surface area contributed by atoms with E-state index in [9.17, 15) is 0 Å². The zero-order valence-corrected chi connectivity index (χ0v) is 14.2. The Labute approximate surface area is 145 Å². The minimum Gasteiger partial charge on any atom is -0.492 e. The molecule has 0 atom stereocenters. The third-order valence-electron chi connectivity index (χ3n) is 3.98. The van der Waals surface area contributed by atoms with Crippen molar-refractivity contribution in [3.63, 3.8) is 0 Å². The van der Waals surface area contributed by atoms with Gasteiger partial charge in [-0.25, -0.2) is 4.98 Å². The second-order valence-electron chi connectivity index (χ2n) is 6.02. The van der Waals surface area contributed by atoms with Gasteiger partial charge in [-0.1, -0.05) is 23.5 Å². The molecular weight excluding hydrogens is 320 g/mol. The Balaban J connectivity index is 1.28. The van der Waals surface area contributed by atoms with Crippen molar-refractivity contribution < 1.29 is 9.47 Å². The van der Waals surface area contributed by atoms with Crippen molar-refractivity contribution in [3.8, 4) is 16.7 Å². The minimum absolute atomic E-state index is 0.661. The van der Waals surface area contributed by atoms with E-state index >= 15 is 0 Å². The van der Waals surface area contributed by atoms with Crippen molar-refractivity contribution in [2.75, 3.05) is 19.7 Å². The Morgan fingerprint density at radius 2 is 1.83 bits per heavy atom. The molecule has 0 spiro atoms. The quantitative estimate of drug-likeness (QED) is 0.615. The SMILES string of the molecule is c1ccc2sc(Oc3ccc(OCCNCC4CC4)cc3)nc2c1. The normalized spacial score (nSPS) is 14.0. The number of fused-ring (bicyclic) bond motifs is 1. The molecule has 0 bridgehead atoms. The van der Waals surface area contributed by atoms with Gasteiger partial charge < -0.3 is 14.8 Å². The van der Waals surface area contributed by atoms with Crippen LogP contribution < -0.4 is 14.8 Å². The number of nitrogens with zero attached hydrogens (tertiary/aromatic N) is 1. The summed E-state index contributed by atoms with van der Waals surface area (Å²) in [6.45, 7) is 2.70. The first-order valence-corrected chi connectivity index (χ1v) is 9.15. The number of hydrogen-bond acceptors (Lipinski definition) is 5. The lowest BCUT2D eigenvalue weighted by molar-refractivity contribution is 0.313. The predicted octanol–water partition coefficient (Wildman–Crippen LogP) is 4.47. The lowest BCUT2D eigenvalue weighted by Crippen LogP contribution is -2.23. The molecule has 1 saturated carbocycles. The van der Waals surface area contributed by atoms with Crippen LogP contribution in [0.5, 0.6) is 16.7 Å². The molecule has 1 aromatic heterocycles. The fourth-order valence-corrected chi connectivity index (χ4v) is 3.30. The molecule has 0 radical (unpaired) electrons. The van der Waals surface area contributed by atoms with E-state index in [1.165, 1.54) is 12.8 Å². The molecule has 5 heteroatoms. The van der Waals surface area contributed by atoms with Crippen LogP contribution >= 0.6 is 11.3 Å². The average molecular weight is 340 g/mol. The summed E-state index contributed by atoms with van der Waals surface area (Å²) in [6.07, 6.45) is 2.76. The Morgan fingerprint density at radius 1 is 1.04 bits per heavy atom. The summed E-state index contributed by atoms with van der Waals surface area (Å²) in [6, 6.07) is 15.7. The third kappa shape index (κ3) is 4.04. The van der Waals surface area contributed by atoms with Gasteiger partial charge in [-0.15, -0.1) is 0 Å². The molecule has 4 nitrogen and oxygen atoms in total. The number of thiazole rings is 1. The van der Waals surface area contributed by atoms with Crippen LogP contribution in [0.2, 0.25) is 0 Å². The molecule has 0 amide bonds. The van der Waals surface area contributed by atoms with Gasteiger partial charge in [0, 0.05) is 6.54 Å². The predicted molar refractivity (Wildman–Crippen MR) is 97.2 cm³/mol. The van der Waals surface area contributed by atoms with E-state index in [-0.39, 0.29) is 0 Å². The largest absolute Gasteiger partial charge is 0.492 e. The maximum absolute atomic E-state index is 5.83. The van der Waals surface area contributed by atoms with Crippen molar-refractivity contribution >= 4 is 21.6 Å². The summed E-state index contributed by atoms with van der Waals surface area (Å²) in [5.74, 6) is 2.54.